The number of amides is 2. The van der Waals surface area contributed by atoms with Crippen LogP contribution in [0.5, 0.6) is 17.2 Å². The van der Waals surface area contributed by atoms with Crippen molar-refractivity contribution in [3.63, 3.8) is 0 Å². The van der Waals surface area contributed by atoms with Crippen LogP contribution in [0.2, 0.25) is 0 Å². The molecule has 11 heteroatoms. The summed E-state index contributed by atoms with van der Waals surface area (Å²) in [6, 6.07) is 4.45. The fraction of sp³-hybridized carbons (Fsp3) is 0.478. The van der Waals surface area contributed by atoms with Gasteiger partial charge in [0, 0.05) is 42.9 Å². The first-order chi connectivity index (χ1) is 16.5. The predicted molar refractivity (Wildman–Crippen MR) is 120 cm³/mol. The summed E-state index contributed by atoms with van der Waals surface area (Å²) in [5.41, 5.74) is 0.786. The summed E-state index contributed by atoms with van der Waals surface area (Å²) in [6.07, 6.45) is 4.47. The molecule has 2 aliphatic rings. The topological polar surface area (TPSA) is 143 Å². The Bertz CT molecular complexity index is 1050. The number of H-pyrrole nitrogens is 1. The van der Waals surface area contributed by atoms with Crippen LogP contribution >= 0.6 is 0 Å². The number of rotatable bonds is 8. The quantitative estimate of drug-likeness (QED) is 0.498. The number of aromatic nitrogens is 2. The average Bonchev–Trinajstić information content (AvgIpc) is 3.59. The maximum Gasteiger partial charge on any atom is 0.410 e. The van der Waals surface area contributed by atoms with Crippen LogP contribution in [-0.4, -0.2) is 71.4 Å². The maximum absolute atomic E-state index is 12.3. The second-order valence-corrected chi connectivity index (χ2v) is 8.43. The molecular weight excluding hydrogens is 444 g/mol. The first kappa shape index (κ1) is 23.4. The van der Waals surface area contributed by atoms with Crippen LogP contribution in [0.25, 0.3) is 0 Å². The van der Waals surface area contributed by atoms with Crippen LogP contribution in [-0.2, 0) is 9.53 Å². The van der Waals surface area contributed by atoms with Crippen LogP contribution in [0, 0.1) is 0 Å². The molecule has 1 aliphatic carbocycles. The van der Waals surface area contributed by atoms with Crippen LogP contribution in [0.4, 0.5) is 10.6 Å². The van der Waals surface area contributed by atoms with Crippen molar-refractivity contribution in [2.75, 3.05) is 32.1 Å². The number of hydrogen-bond acceptors (Lipinski definition) is 8. The number of nitrogens with one attached hydrogen (secondary N) is 2. The Morgan fingerprint density at radius 1 is 1.26 bits per heavy atom. The Morgan fingerprint density at radius 3 is 2.79 bits per heavy atom. The van der Waals surface area contributed by atoms with Crippen molar-refractivity contribution in [3.8, 4) is 17.2 Å². The number of anilines is 1. The highest BCUT2D eigenvalue weighted by Crippen LogP contribution is 2.36. The van der Waals surface area contributed by atoms with Gasteiger partial charge in [-0.05, 0) is 32.1 Å². The minimum Gasteiger partial charge on any atom is -0.507 e. The van der Waals surface area contributed by atoms with Crippen molar-refractivity contribution < 1.29 is 33.7 Å². The van der Waals surface area contributed by atoms with E-state index in [-0.39, 0.29) is 40.9 Å². The molecule has 11 nitrogen and oxygen atoms in total. The first-order valence-electron chi connectivity index (χ1n) is 11.3. The van der Waals surface area contributed by atoms with Gasteiger partial charge in [-0.15, -0.1) is 0 Å². The van der Waals surface area contributed by atoms with Crippen molar-refractivity contribution in [2.45, 2.75) is 44.1 Å². The van der Waals surface area contributed by atoms with Crippen LogP contribution in [0.3, 0.4) is 0 Å². The van der Waals surface area contributed by atoms with Crippen molar-refractivity contribution >= 4 is 24.1 Å². The average molecular weight is 472 g/mol. The molecular formula is C23H28N4O7. The Hall–Kier alpha value is -3.76. The van der Waals surface area contributed by atoms with Gasteiger partial charge in [0.05, 0.1) is 12.7 Å². The van der Waals surface area contributed by atoms with Gasteiger partial charge in [0.15, 0.2) is 18.7 Å². The number of phenolic OH excluding ortho intramolecular Hbond substituents is 1. The molecule has 1 saturated heterocycles. The molecule has 0 radical (unpaired) electrons. The highest BCUT2D eigenvalue weighted by atomic mass is 16.6. The molecule has 1 saturated carbocycles. The van der Waals surface area contributed by atoms with E-state index in [4.69, 9.17) is 14.2 Å². The fourth-order valence-electron chi connectivity index (χ4n) is 4.32. The van der Waals surface area contributed by atoms with E-state index in [0.29, 0.717) is 18.5 Å². The summed E-state index contributed by atoms with van der Waals surface area (Å²) in [7, 11) is 1.41. The largest absolute Gasteiger partial charge is 0.507 e. The van der Waals surface area contributed by atoms with Gasteiger partial charge in [-0.3, -0.25) is 14.7 Å². The van der Waals surface area contributed by atoms with Gasteiger partial charge < -0.3 is 29.5 Å². The van der Waals surface area contributed by atoms with Crippen molar-refractivity contribution in [3.05, 3.63) is 29.5 Å². The third-order valence-electron chi connectivity index (χ3n) is 6.13. The van der Waals surface area contributed by atoms with E-state index < -0.39 is 12.5 Å². The summed E-state index contributed by atoms with van der Waals surface area (Å²) in [5, 5.41) is 19.6. The van der Waals surface area contributed by atoms with Gasteiger partial charge in [-0.25, -0.2) is 4.79 Å². The molecule has 34 heavy (non-hydrogen) atoms. The van der Waals surface area contributed by atoms with Gasteiger partial charge in [-0.1, -0.05) is 0 Å². The minimum atomic E-state index is -0.485. The number of aromatic hydroxyl groups is 1. The molecule has 2 fully saturated rings. The molecule has 182 valence electrons. The van der Waals surface area contributed by atoms with Gasteiger partial charge in [0.2, 0.25) is 0 Å². The molecule has 0 spiro atoms. The number of aldehydes is 1. The molecule has 1 aliphatic heterocycles. The standard InChI is InChI=1S/C23H28N4O7/c1-32-16-9-19(29)17(12-28)20(10-16)33-13-22(30)24-21-11-18(25-26-21)14-4-5-15(8-14)34-23(31)27-6-2-3-7-27/h9-12,14-15,29H,2-8,13H2,1H3,(H2,24,25,26,30)/t14-,15?/m1/s1. The molecule has 2 amide bonds. The van der Waals surface area contributed by atoms with Gasteiger partial charge in [-0.2, -0.15) is 5.10 Å². The number of carbonyl (C=O) groups excluding carboxylic acids is 3. The molecule has 1 aromatic heterocycles. The lowest BCUT2D eigenvalue weighted by Crippen LogP contribution is -2.31. The lowest BCUT2D eigenvalue weighted by Gasteiger charge is -2.19. The third kappa shape index (κ3) is 5.41. The summed E-state index contributed by atoms with van der Waals surface area (Å²) < 4.78 is 16.1. The van der Waals surface area contributed by atoms with E-state index in [1.165, 1.54) is 19.2 Å². The van der Waals surface area contributed by atoms with Crippen LogP contribution < -0.4 is 14.8 Å². The fourth-order valence-corrected chi connectivity index (χ4v) is 4.32. The normalized spacial score (nSPS) is 19.6. The van der Waals surface area contributed by atoms with Crippen molar-refractivity contribution in [2.24, 2.45) is 0 Å². The van der Waals surface area contributed by atoms with E-state index >= 15 is 0 Å². The number of likely N-dealkylation sites (tertiary alicyclic amines) is 1. The number of hydrogen-bond donors (Lipinski definition) is 3. The van der Waals surface area contributed by atoms with Gasteiger partial charge in [0.25, 0.3) is 5.91 Å². The molecule has 4 rings (SSSR count). The summed E-state index contributed by atoms with van der Waals surface area (Å²) in [5.74, 6) is 0.0243. The number of benzene rings is 1. The number of methoxy groups -OCH3 is 1. The number of carbonyl (C=O) groups is 3. The van der Waals surface area contributed by atoms with Gasteiger partial charge in [0.1, 0.15) is 23.4 Å². The second-order valence-electron chi connectivity index (χ2n) is 8.43. The van der Waals surface area contributed by atoms with Crippen LogP contribution in [0.1, 0.15) is 54.1 Å². The van der Waals surface area contributed by atoms with E-state index in [2.05, 4.69) is 15.5 Å². The molecule has 3 N–H and O–H groups in total. The zero-order valence-corrected chi connectivity index (χ0v) is 18.9. The monoisotopic (exact) mass is 472 g/mol. The number of nitrogens with zero attached hydrogens (tertiary/aromatic N) is 2. The Labute approximate surface area is 196 Å². The molecule has 1 unspecified atom stereocenters. The molecule has 0 bridgehead atoms. The zero-order valence-electron chi connectivity index (χ0n) is 18.9. The van der Waals surface area contributed by atoms with E-state index in [9.17, 15) is 19.5 Å². The Kier molecular flexibility index (Phi) is 7.19. The molecule has 1 aromatic carbocycles. The predicted octanol–water partition coefficient (Wildman–Crippen LogP) is 2.82. The summed E-state index contributed by atoms with van der Waals surface area (Å²) in [6.45, 7) is 1.13. The lowest BCUT2D eigenvalue weighted by molar-refractivity contribution is -0.118. The summed E-state index contributed by atoms with van der Waals surface area (Å²) in [4.78, 5) is 37.5. The van der Waals surface area contributed by atoms with Crippen molar-refractivity contribution in [1.29, 1.82) is 0 Å². The number of phenols is 1. The zero-order chi connectivity index (χ0) is 24.1. The minimum absolute atomic E-state index is 0.0326. The number of aromatic amines is 1. The molecule has 2 aromatic rings. The molecule has 2 heterocycles. The highest BCUT2D eigenvalue weighted by Gasteiger charge is 2.31. The van der Waals surface area contributed by atoms with Crippen LogP contribution in [0.15, 0.2) is 18.2 Å². The number of ether oxygens (including phenoxy) is 3. The maximum atomic E-state index is 12.3. The molecule has 2 atom stereocenters. The van der Waals surface area contributed by atoms with E-state index in [0.717, 1.165) is 44.5 Å². The Balaban J connectivity index is 1.28. The highest BCUT2D eigenvalue weighted by molar-refractivity contribution is 5.91. The second kappa shape index (κ2) is 10.4. The Morgan fingerprint density at radius 2 is 2.06 bits per heavy atom. The van der Waals surface area contributed by atoms with Gasteiger partial charge >= 0.3 is 6.09 Å². The van der Waals surface area contributed by atoms with E-state index in [1.807, 2.05) is 0 Å². The van der Waals surface area contributed by atoms with E-state index in [1.54, 1.807) is 11.0 Å². The third-order valence-corrected chi connectivity index (χ3v) is 6.13. The lowest BCUT2D eigenvalue weighted by atomic mass is 10.0. The summed E-state index contributed by atoms with van der Waals surface area (Å²) >= 11 is 0. The SMILES string of the molecule is COc1cc(O)c(C=O)c(OCC(=O)Nc2cc([C@@H]3CCC(OC(=O)N4CCCC4)C3)[nH]n2)c1. The smallest absolute Gasteiger partial charge is 0.410 e. The van der Waals surface area contributed by atoms with Crippen molar-refractivity contribution in [1.82, 2.24) is 15.1 Å². The first-order valence-corrected chi connectivity index (χ1v) is 11.3.